The van der Waals surface area contributed by atoms with Crippen molar-refractivity contribution in [2.75, 3.05) is 24.3 Å². The molecule has 0 fully saturated rings. The molecule has 1 N–H and O–H groups in total. The number of benzene rings is 3. The van der Waals surface area contributed by atoms with Crippen LogP contribution in [0.1, 0.15) is 6.42 Å². The Kier molecular flexibility index (Phi) is 6.67. The summed E-state index contributed by atoms with van der Waals surface area (Å²) in [6, 6.07) is 25.1. The zero-order valence-electron chi connectivity index (χ0n) is 18.3. The van der Waals surface area contributed by atoms with Gasteiger partial charge in [-0.25, -0.2) is 4.98 Å². The largest absolute Gasteiger partial charge is 0.490 e. The van der Waals surface area contributed by atoms with Crippen molar-refractivity contribution < 1.29 is 14.3 Å². The van der Waals surface area contributed by atoms with Crippen LogP contribution in [0.25, 0.3) is 22.5 Å². The lowest BCUT2D eigenvalue weighted by Crippen LogP contribution is -2.14. The summed E-state index contributed by atoms with van der Waals surface area (Å²) in [5.41, 5.74) is 3.96. The minimum atomic E-state index is -0.170. The van der Waals surface area contributed by atoms with Gasteiger partial charge < -0.3 is 14.8 Å². The molecular weight excluding hydrogens is 448 g/mol. The monoisotopic (exact) mass is 470 g/mol. The molecule has 0 radical (unpaired) electrons. The summed E-state index contributed by atoms with van der Waals surface area (Å²) < 4.78 is 11.3. The van der Waals surface area contributed by atoms with Crippen LogP contribution in [0.2, 0.25) is 0 Å². The van der Waals surface area contributed by atoms with Crippen molar-refractivity contribution in [1.29, 1.82) is 0 Å². The molecule has 1 aromatic heterocycles. The molecule has 7 nitrogen and oxygen atoms in total. The van der Waals surface area contributed by atoms with Crippen LogP contribution in [0, 0.1) is 0 Å². The molecule has 0 saturated heterocycles. The number of hydrogen-bond acceptors (Lipinski definition) is 7. The number of rotatable bonds is 6. The molecule has 0 unspecified atom stereocenters. The van der Waals surface area contributed by atoms with Gasteiger partial charge in [-0.05, 0) is 12.1 Å². The van der Waals surface area contributed by atoms with Crippen molar-refractivity contribution in [2.24, 2.45) is 0 Å². The molecule has 4 aromatic rings. The highest BCUT2D eigenvalue weighted by molar-refractivity contribution is 7.99. The molecule has 0 spiro atoms. The Labute approximate surface area is 201 Å². The van der Waals surface area contributed by atoms with Gasteiger partial charge in [0.1, 0.15) is 11.4 Å². The summed E-state index contributed by atoms with van der Waals surface area (Å²) in [6.07, 6.45) is 0.828. The van der Waals surface area contributed by atoms with Gasteiger partial charge in [0.15, 0.2) is 11.5 Å². The molecule has 2 heterocycles. The number of anilines is 1. The van der Waals surface area contributed by atoms with E-state index in [2.05, 4.69) is 15.5 Å². The van der Waals surface area contributed by atoms with Gasteiger partial charge in [-0.3, -0.25) is 4.79 Å². The summed E-state index contributed by atoms with van der Waals surface area (Å²) in [4.78, 5) is 17.3. The number of nitrogens with one attached hydrogen (secondary N) is 1. The van der Waals surface area contributed by atoms with Gasteiger partial charge in [-0.1, -0.05) is 72.4 Å². The summed E-state index contributed by atoms with van der Waals surface area (Å²) >= 11 is 1.24. The van der Waals surface area contributed by atoms with E-state index in [1.165, 1.54) is 11.8 Å². The lowest BCUT2D eigenvalue weighted by atomic mass is 10.0. The first-order chi connectivity index (χ1) is 16.8. The second-order valence-corrected chi connectivity index (χ2v) is 8.51. The predicted octanol–water partition coefficient (Wildman–Crippen LogP) is 5.10. The highest BCUT2D eigenvalue weighted by atomic mass is 32.2. The molecule has 1 aliphatic heterocycles. The number of hydrogen-bond donors (Lipinski definition) is 1. The molecule has 1 aliphatic rings. The highest BCUT2D eigenvalue weighted by Gasteiger charge is 2.16. The Hall–Kier alpha value is -3.91. The van der Waals surface area contributed by atoms with Crippen molar-refractivity contribution in [3.05, 3.63) is 78.9 Å². The average molecular weight is 471 g/mol. The molecule has 5 rings (SSSR count). The second kappa shape index (κ2) is 10.4. The van der Waals surface area contributed by atoms with Crippen molar-refractivity contribution in [1.82, 2.24) is 15.2 Å². The maximum absolute atomic E-state index is 12.6. The lowest BCUT2D eigenvalue weighted by molar-refractivity contribution is -0.113. The molecule has 0 bridgehead atoms. The first kappa shape index (κ1) is 21.9. The second-order valence-electron chi connectivity index (χ2n) is 7.57. The van der Waals surface area contributed by atoms with E-state index in [9.17, 15) is 4.79 Å². The summed E-state index contributed by atoms with van der Waals surface area (Å²) in [7, 11) is 0. The Balaban J connectivity index is 1.31. The van der Waals surface area contributed by atoms with Crippen LogP contribution in [0.15, 0.2) is 84.0 Å². The Morgan fingerprint density at radius 2 is 1.50 bits per heavy atom. The first-order valence-corrected chi connectivity index (χ1v) is 11.9. The SMILES string of the molecule is O=C(CSc1nnc(-c2ccccc2)c(-c2ccccc2)n1)Nc1ccc2c(c1)OCCCO2. The number of amides is 1. The van der Waals surface area contributed by atoms with Gasteiger partial charge in [-0.15, -0.1) is 10.2 Å². The van der Waals surface area contributed by atoms with E-state index in [1.54, 1.807) is 12.1 Å². The van der Waals surface area contributed by atoms with E-state index in [4.69, 9.17) is 14.5 Å². The zero-order chi connectivity index (χ0) is 23.2. The summed E-state index contributed by atoms with van der Waals surface area (Å²) in [5.74, 6) is 1.31. The molecule has 0 atom stereocenters. The number of fused-ring (bicyclic) bond motifs is 1. The highest BCUT2D eigenvalue weighted by Crippen LogP contribution is 2.33. The van der Waals surface area contributed by atoms with E-state index in [0.717, 1.165) is 23.2 Å². The van der Waals surface area contributed by atoms with Gasteiger partial charge in [0.2, 0.25) is 11.1 Å². The number of carbonyl (C=O) groups excluding carboxylic acids is 1. The topological polar surface area (TPSA) is 86.2 Å². The van der Waals surface area contributed by atoms with E-state index in [1.807, 2.05) is 66.7 Å². The molecule has 8 heteroatoms. The number of ether oxygens (including phenoxy) is 2. The Bertz CT molecular complexity index is 1290. The minimum absolute atomic E-state index is 0.148. The summed E-state index contributed by atoms with van der Waals surface area (Å²) in [5, 5.41) is 12.1. The van der Waals surface area contributed by atoms with E-state index >= 15 is 0 Å². The average Bonchev–Trinajstić information content (AvgIpc) is 3.13. The number of carbonyl (C=O) groups is 1. The van der Waals surface area contributed by atoms with Crippen LogP contribution in [0.3, 0.4) is 0 Å². The third kappa shape index (κ3) is 5.18. The van der Waals surface area contributed by atoms with Crippen molar-refractivity contribution in [2.45, 2.75) is 11.6 Å². The van der Waals surface area contributed by atoms with Crippen LogP contribution in [0.5, 0.6) is 11.5 Å². The number of thioether (sulfide) groups is 1. The normalized spacial score (nSPS) is 12.6. The fraction of sp³-hybridized carbons (Fsp3) is 0.154. The molecule has 170 valence electrons. The molecule has 34 heavy (non-hydrogen) atoms. The van der Waals surface area contributed by atoms with Crippen molar-refractivity contribution >= 4 is 23.4 Å². The maximum atomic E-state index is 12.6. The van der Waals surface area contributed by atoms with E-state index in [0.29, 0.717) is 41.3 Å². The standard InChI is InChI=1S/C26H22N4O3S/c31-23(27-20-12-13-21-22(16-20)33-15-7-14-32-21)17-34-26-28-24(18-8-3-1-4-9-18)25(29-30-26)19-10-5-2-6-11-19/h1-6,8-13,16H,7,14-15,17H2,(H,27,31). The van der Waals surface area contributed by atoms with Gasteiger partial charge in [-0.2, -0.15) is 0 Å². The lowest BCUT2D eigenvalue weighted by Gasteiger charge is -2.11. The van der Waals surface area contributed by atoms with Crippen LogP contribution < -0.4 is 14.8 Å². The third-order valence-electron chi connectivity index (χ3n) is 5.13. The van der Waals surface area contributed by atoms with Crippen LogP contribution in [-0.2, 0) is 4.79 Å². The Morgan fingerprint density at radius 3 is 2.24 bits per heavy atom. The van der Waals surface area contributed by atoms with Crippen molar-refractivity contribution in [3.63, 3.8) is 0 Å². The zero-order valence-corrected chi connectivity index (χ0v) is 19.1. The first-order valence-electron chi connectivity index (χ1n) is 10.9. The molecule has 1 amide bonds. The molecule has 3 aromatic carbocycles. The number of nitrogens with zero attached hydrogens (tertiary/aromatic N) is 3. The van der Waals surface area contributed by atoms with Crippen molar-refractivity contribution in [3.8, 4) is 34.0 Å². The minimum Gasteiger partial charge on any atom is -0.490 e. The van der Waals surface area contributed by atoms with Gasteiger partial charge in [0.25, 0.3) is 0 Å². The molecule has 0 saturated carbocycles. The maximum Gasteiger partial charge on any atom is 0.234 e. The van der Waals surface area contributed by atoms with E-state index in [-0.39, 0.29) is 11.7 Å². The number of aromatic nitrogens is 3. The van der Waals surface area contributed by atoms with Crippen LogP contribution in [0.4, 0.5) is 5.69 Å². The smallest absolute Gasteiger partial charge is 0.234 e. The van der Waals surface area contributed by atoms with Crippen LogP contribution in [-0.4, -0.2) is 40.1 Å². The summed E-state index contributed by atoms with van der Waals surface area (Å²) in [6.45, 7) is 1.21. The fourth-order valence-corrected chi connectivity index (χ4v) is 4.11. The van der Waals surface area contributed by atoms with Gasteiger partial charge >= 0.3 is 0 Å². The fourth-order valence-electron chi connectivity index (χ4n) is 3.53. The quantitative estimate of drug-likeness (QED) is 0.393. The Morgan fingerprint density at radius 1 is 0.824 bits per heavy atom. The predicted molar refractivity (Wildman–Crippen MR) is 132 cm³/mol. The van der Waals surface area contributed by atoms with E-state index < -0.39 is 0 Å². The van der Waals surface area contributed by atoms with Gasteiger partial charge in [0.05, 0.1) is 19.0 Å². The molecule has 0 aliphatic carbocycles. The van der Waals surface area contributed by atoms with Gasteiger partial charge in [0, 0.05) is 29.3 Å². The molecular formula is C26H22N4O3S. The third-order valence-corrected chi connectivity index (χ3v) is 5.96. The van der Waals surface area contributed by atoms with Crippen LogP contribution >= 0.6 is 11.8 Å².